The molecule has 72 valence electrons. The molecule has 0 aliphatic carbocycles. The molecule has 0 spiro atoms. The molecule has 1 saturated heterocycles. The molecule has 2 rings (SSSR count). The van der Waals surface area contributed by atoms with Gasteiger partial charge in [0.1, 0.15) is 6.07 Å². The van der Waals surface area contributed by atoms with Crippen LogP contribution in [0.5, 0.6) is 0 Å². The Bertz CT molecular complexity index is 375. The second kappa shape index (κ2) is 4.02. The minimum Gasteiger partial charge on any atom is -0.370 e. The molecule has 1 aliphatic heterocycles. The minimum atomic E-state index is 0.759. The molecule has 1 fully saturated rings. The first kappa shape index (κ1) is 9.54. The van der Waals surface area contributed by atoms with Crippen molar-refractivity contribution in [3.8, 4) is 6.07 Å². The maximum atomic E-state index is 9.05. The van der Waals surface area contributed by atoms with Gasteiger partial charge in [-0.15, -0.1) is 0 Å². The second-order valence-corrected chi connectivity index (χ2v) is 4.29. The van der Waals surface area contributed by atoms with Gasteiger partial charge in [-0.05, 0) is 40.9 Å². The number of halogens is 1. The zero-order valence-electron chi connectivity index (χ0n) is 7.83. The van der Waals surface area contributed by atoms with Gasteiger partial charge in [0.25, 0.3) is 0 Å². The maximum Gasteiger partial charge on any atom is 0.103 e. The summed E-state index contributed by atoms with van der Waals surface area (Å²) in [6.45, 7) is 2.15. The van der Waals surface area contributed by atoms with Crippen LogP contribution >= 0.6 is 15.9 Å². The molecule has 0 atom stereocenters. The number of anilines is 1. The molecule has 0 radical (unpaired) electrons. The van der Waals surface area contributed by atoms with Crippen molar-refractivity contribution in [1.29, 1.82) is 5.26 Å². The van der Waals surface area contributed by atoms with Crippen LogP contribution in [0.25, 0.3) is 0 Å². The lowest BCUT2D eigenvalue weighted by molar-refractivity contribution is 0.949. The fourth-order valence-electron chi connectivity index (χ4n) is 1.84. The topological polar surface area (TPSA) is 27.0 Å². The highest BCUT2D eigenvalue weighted by Gasteiger charge is 2.16. The Morgan fingerprint density at radius 1 is 1.29 bits per heavy atom. The molecule has 1 aliphatic rings. The van der Waals surface area contributed by atoms with E-state index in [4.69, 9.17) is 5.26 Å². The number of nitriles is 1. The Morgan fingerprint density at radius 2 is 2.00 bits per heavy atom. The third-order valence-electron chi connectivity index (χ3n) is 2.55. The summed E-state index contributed by atoms with van der Waals surface area (Å²) in [5.74, 6) is 0. The van der Waals surface area contributed by atoms with Crippen molar-refractivity contribution >= 4 is 21.6 Å². The molecule has 1 aromatic rings. The Morgan fingerprint density at radius 3 is 2.64 bits per heavy atom. The van der Waals surface area contributed by atoms with Crippen LogP contribution in [0.15, 0.2) is 22.7 Å². The Labute approximate surface area is 92.3 Å². The first-order valence-corrected chi connectivity index (χ1v) is 5.56. The van der Waals surface area contributed by atoms with Crippen molar-refractivity contribution in [3.63, 3.8) is 0 Å². The van der Waals surface area contributed by atoms with Gasteiger partial charge in [0.05, 0.1) is 11.3 Å². The first-order chi connectivity index (χ1) is 6.83. The molecule has 1 aromatic carbocycles. The molecule has 2 nitrogen and oxygen atoms in total. The minimum absolute atomic E-state index is 0.759. The van der Waals surface area contributed by atoms with Gasteiger partial charge in [0.15, 0.2) is 0 Å². The summed E-state index contributed by atoms with van der Waals surface area (Å²) >= 11 is 3.41. The Kier molecular flexibility index (Phi) is 2.74. The second-order valence-electron chi connectivity index (χ2n) is 3.44. The number of benzene rings is 1. The number of hydrogen-bond acceptors (Lipinski definition) is 2. The van der Waals surface area contributed by atoms with E-state index in [1.807, 2.05) is 18.2 Å². The van der Waals surface area contributed by atoms with Crippen LogP contribution in [0.4, 0.5) is 5.69 Å². The monoisotopic (exact) mass is 250 g/mol. The van der Waals surface area contributed by atoms with E-state index < -0.39 is 0 Å². The third-order valence-corrected chi connectivity index (χ3v) is 3.21. The van der Waals surface area contributed by atoms with Crippen molar-refractivity contribution in [2.24, 2.45) is 0 Å². The van der Waals surface area contributed by atoms with Crippen molar-refractivity contribution < 1.29 is 0 Å². The molecular weight excluding hydrogens is 240 g/mol. The van der Waals surface area contributed by atoms with Gasteiger partial charge in [-0.25, -0.2) is 0 Å². The van der Waals surface area contributed by atoms with Crippen molar-refractivity contribution in [2.75, 3.05) is 18.0 Å². The number of nitrogens with zero attached hydrogens (tertiary/aromatic N) is 2. The summed E-state index contributed by atoms with van der Waals surface area (Å²) in [5.41, 5.74) is 1.83. The summed E-state index contributed by atoms with van der Waals surface area (Å²) in [6.07, 6.45) is 2.47. The van der Waals surface area contributed by atoms with E-state index in [9.17, 15) is 0 Å². The molecule has 0 bridgehead atoms. The smallest absolute Gasteiger partial charge is 0.103 e. The lowest BCUT2D eigenvalue weighted by Crippen LogP contribution is -2.18. The number of hydrogen-bond donors (Lipinski definition) is 0. The van der Waals surface area contributed by atoms with Crippen LogP contribution in [0.2, 0.25) is 0 Å². The summed E-state index contributed by atoms with van der Waals surface area (Å²) in [4.78, 5) is 2.28. The lowest BCUT2D eigenvalue weighted by Gasteiger charge is -2.19. The molecule has 0 amide bonds. The normalized spacial score (nSPS) is 15.6. The van der Waals surface area contributed by atoms with Crippen LogP contribution in [0.3, 0.4) is 0 Å². The van der Waals surface area contributed by atoms with Gasteiger partial charge >= 0.3 is 0 Å². The van der Waals surface area contributed by atoms with Gasteiger partial charge < -0.3 is 4.90 Å². The summed E-state index contributed by atoms with van der Waals surface area (Å²) in [7, 11) is 0. The van der Waals surface area contributed by atoms with E-state index in [0.717, 1.165) is 28.8 Å². The van der Waals surface area contributed by atoms with Crippen molar-refractivity contribution in [3.05, 3.63) is 28.2 Å². The van der Waals surface area contributed by atoms with E-state index in [-0.39, 0.29) is 0 Å². The van der Waals surface area contributed by atoms with Gasteiger partial charge in [-0.1, -0.05) is 6.07 Å². The fourth-order valence-corrected chi connectivity index (χ4v) is 2.29. The molecule has 14 heavy (non-hydrogen) atoms. The van der Waals surface area contributed by atoms with Gasteiger partial charge in [0.2, 0.25) is 0 Å². The van der Waals surface area contributed by atoms with Crippen LogP contribution in [0, 0.1) is 11.3 Å². The zero-order chi connectivity index (χ0) is 9.97. The molecule has 0 unspecified atom stereocenters. The van der Waals surface area contributed by atoms with Gasteiger partial charge in [-0.3, -0.25) is 0 Å². The highest BCUT2D eigenvalue weighted by Crippen LogP contribution is 2.29. The zero-order valence-corrected chi connectivity index (χ0v) is 9.42. The van der Waals surface area contributed by atoms with E-state index >= 15 is 0 Å². The Hall–Kier alpha value is -1.01. The molecule has 1 heterocycles. The predicted octanol–water partition coefficient (Wildman–Crippen LogP) is 2.92. The molecule has 0 saturated carbocycles. The first-order valence-electron chi connectivity index (χ1n) is 4.76. The summed E-state index contributed by atoms with van der Waals surface area (Å²) in [6, 6.07) is 8.17. The van der Waals surface area contributed by atoms with Crippen LogP contribution < -0.4 is 4.90 Å². The molecule has 0 N–H and O–H groups in total. The van der Waals surface area contributed by atoms with E-state index in [0.29, 0.717) is 0 Å². The van der Waals surface area contributed by atoms with E-state index in [1.165, 1.54) is 12.8 Å². The van der Waals surface area contributed by atoms with Crippen molar-refractivity contribution in [2.45, 2.75) is 12.8 Å². The lowest BCUT2D eigenvalue weighted by atomic mass is 10.2. The summed E-state index contributed by atoms with van der Waals surface area (Å²) in [5, 5.41) is 9.05. The highest BCUT2D eigenvalue weighted by atomic mass is 79.9. The van der Waals surface area contributed by atoms with E-state index in [2.05, 4.69) is 26.9 Å². The quantitative estimate of drug-likeness (QED) is 0.767. The number of rotatable bonds is 1. The van der Waals surface area contributed by atoms with E-state index in [1.54, 1.807) is 0 Å². The van der Waals surface area contributed by atoms with Gasteiger partial charge in [-0.2, -0.15) is 5.26 Å². The average molecular weight is 251 g/mol. The molecule has 3 heteroatoms. The van der Waals surface area contributed by atoms with Crippen LogP contribution in [0.1, 0.15) is 18.4 Å². The largest absolute Gasteiger partial charge is 0.370 e. The Balaban J connectivity index is 2.42. The average Bonchev–Trinajstić information content (AvgIpc) is 2.70. The van der Waals surface area contributed by atoms with Crippen molar-refractivity contribution in [1.82, 2.24) is 0 Å². The van der Waals surface area contributed by atoms with Crippen LogP contribution in [-0.2, 0) is 0 Å². The third kappa shape index (κ3) is 1.62. The summed E-state index contributed by atoms with van der Waals surface area (Å²) < 4.78 is 0.893. The standard InChI is InChI=1S/C11H11BrN2/c12-10-4-3-5-11(9(10)8-13)14-6-1-2-7-14/h3-5H,1-2,6-7H2. The molecule has 0 aromatic heterocycles. The molecular formula is C11H11BrN2. The fraction of sp³-hybridized carbons (Fsp3) is 0.364. The van der Waals surface area contributed by atoms with Crippen LogP contribution in [-0.4, -0.2) is 13.1 Å². The SMILES string of the molecule is N#Cc1c(Br)cccc1N1CCCC1. The highest BCUT2D eigenvalue weighted by molar-refractivity contribution is 9.10. The predicted molar refractivity (Wildman–Crippen MR) is 60.3 cm³/mol. The maximum absolute atomic E-state index is 9.05. The van der Waals surface area contributed by atoms with Gasteiger partial charge in [0, 0.05) is 17.6 Å².